The minimum absolute atomic E-state index is 0.0294. The number of carbonyl (C=O) groups is 5. The molecule has 0 aromatic heterocycles. The second-order valence-corrected chi connectivity index (χ2v) is 13.5. The first-order valence-electron chi connectivity index (χ1n) is 17.9. The third-order valence-corrected chi connectivity index (χ3v) is 9.05. The molecule has 1 fully saturated rings. The number of nitrogens with zero attached hydrogens (tertiary/aromatic N) is 2. The van der Waals surface area contributed by atoms with E-state index in [2.05, 4.69) is 16.0 Å². The molecule has 51 heavy (non-hydrogen) atoms. The van der Waals surface area contributed by atoms with E-state index < -0.39 is 23.9 Å². The molecule has 278 valence electrons. The van der Waals surface area contributed by atoms with Crippen molar-refractivity contribution in [3.63, 3.8) is 0 Å². The Bertz CT molecular complexity index is 1530. The van der Waals surface area contributed by atoms with Gasteiger partial charge in [-0.05, 0) is 81.2 Å². The molecule has 2 aromatic rings. The summed E-state index contributed by atoms with van der Waals surface area (Å²) in [7, 11) is 3.15. The topological polar surface area (TPSA) is 156 Å². The molecule has 0 unspecified atom stereocenters. The minimum atomic E-state index is -1.02. The lowest BCUT2D eigenvalue weighted by Crippen LogP contribution is -2.51. The van der Waals surface area contributed by atoms with Gasteiger partial charge in [0.25, 0.3) is 5.91 Å². The summed E-state index contributed by atoms with van der Waals surface area (Å²) in [6.07, 6.45) is 3.00. The van der Waals surface area contributed by atoms with E-state index in [4.69, 9.17) is 14.2 Å². The molecule has 0 aliphatic carbocycles. The Morgan fingerprint density at radius 1 is 1.06 bits per heavy atom. The Morgan fingerprint density at radius 2 is 1.84 bits per heavy atom. The van der Waals surface area contributed by atoms with Crippen LogP contribution in [0.5, 0.6) is 17.2 Å². The summed E-state index contributed by atoms with van der Waals surface area (Å²) in [5.74, 6) is -0.0419. The SMILES string of the molecule is CCOc1ccc(CCCNC(=O)[C@@H]2CCC(=O)N3CCC[C@@H]3C(=O)N(C)CC(=O)N[C@@H](CC(C)C)COc3ccccc3C(=O)N2)cc1OC. The molecule has 13 heteroatoms. The van der Waals surface area contributed by atoms with Crippen molar-refractivity contribution in [3.05, 3.63) is 53.6 Å². The monoisotopic (exact) mass is 707 g/mol. The van der Waals surface area contributed by atoms with Crippen LogP contribution in [0.25, 0.3) is 0 Å². The number of benzene rings is 2. The summed E-state index contributed by atoms with van der Waals surface area (Å²) in [5, 5.41) is 8.75. The van der Waals surface area contributed by atoms with Crippen LogP contribution in [0.1, 0.15) is 75.2 Å². The van der Waals surface area contributed by atoms with Gasteiger partial charge in [0.15, 0.2) is 11.5 Å². The average molecular weight is 708 g/mol. The van der Waals surface area contributed by atoms with Gasteiger partial charge in [0.1, 0.15) is 24.4 Å². The fraction of sp³-hybridized carbons (Fsp3) is 0.553. The molecule has 0 spiro atoms. The van der Waals surface area contributed by atoms with Gasteiger partial charge in [-0.3, -0.25) is 24.0 Å². The van der Waals surface area contributed by atoms with Crippen molar-refractivity contribution in [2.45, 2.75) is 83.8 Å². The first kappa shape index (κ1) is 39.0. The molecule has 1 saturated heterocycles. The molecule has 3 N–H and O–H groups in total. The van der Waals surface area contributed by atoms with E-state index in [1.54, 1.807) is 38.4 Å². The molecule has 2 heterocycles. The number of hydrogen-bond acceptors (Lipinski definition) is 8. The quantitative estimate of drug-likeness (QED) is 0.319. The number of carbonyl (C=O) groups excluding carboxylic acids is 5. The van der Waals surface area contributed by atoms with Crippen molar-refractivity contribution >= 4 is 29.5 Å². The molecule has 5 amide bonds. The second kappa shape index (κ2) is 19.0. The van der Waals surface area contributed by atoms with Crippen molar-refractivity contribution in [2.24, 2.45) is 5.92 Å². The van der Waals surface area contributed by atoms with Gasteiger partial charge in [-0.15, -0.1) is 0 Å². The zero-order valence-corrected chi connectivity index (χ0v) is 30.5. The van der Waals surface area contributed by atoms with Crippen LogP contribution in [-0.4, -0.2) is 104 Å². The molecule has 2 aliphatic rings. The second-order valence-electron chi connectivity index (χ2n) is 13.5. The number of para-hydroxylation sites is 1. The summed E-state index contributed by atoms with van der Waals surface area (Å²) in [4.78, 5) is 70.2. The predicted octanol–water partition coefficient (Wildman–Crippen LogP) is 3.09. The van der Waals surface area contributed by atoms with Crippen LogP contribution in [0.4, 0.5) is 0 Å². The summed E-state index contributed by atoms with van der Waals surface area (Å²) >= 11 is 0. The lowest BCUT2D eigenvalue weighted by molar-refractivity contribution is -0.144. The Balaban J connectivity index is 1.52. The third-order valence-electron chi connectivity index (χ3n) is 9.05. The first-order valence-corrected chi connectivity index (χ1v) is 17.9. The zero-order chi connectivity index (χ0) is 36.9. The summed E-state index contributed by atoms with van der Waals surface area (Å²) in [5.41, 5.74) is 1.25. The smallest absolute Gasteiger partial charge is 0.255 e. The van der Waals surface area contributed by atoms with Gasteiger partial charge in [0.2, 0.25) is 23.6 Å². The molecule has 0 radical (unpaired) electrons. The van der Waals surface area contributed by atoms with E-state index in [1.807, 2.05) is 39.0 Å². The van der Waals surface area contributed by atoms with E-state index in [0.717, 1.165) is 5.56 Å². The number of likely N-dealkylation sites (N-methyl/N-ethyl adjacent to an activating group) is 1. The maximum absolute atomic E-state index is 13.7. The molecule has 4 rings (SSSR count). The predicted molar refractivity (Wildman–Crippen MR) is 192 cm³/mol. The van der Waals surface area contributed by atoms with E-state index >= 15 is 0 Å². The highest BCUT2D eigenvalue weighted by atomic mass is 16.5. The number of rotatable bonds is 10. The van der Waals surface area contributed by atoms with Gasteiger partial charge in [-0.2, -0.15) is 0 Å². The van der Waals surface area contributed by atoms with Crippen LogP contribution in [0.3, 0.4) is 0 Å². The van der Waals surface area contributed by atoms with Crippen LogP contribution in [0.15, 0.2) is 42.5 Å². The van der Waals surface area contributed by atoms with Crippen molar-refractivity contribution in [3.8, 4) is 17.2 Å². The van der Waals surface area contributed by atoms with Gasteiger partial charge in [-0.25, -0.2) is 0 Å². The highest BCUT2D eigenvalue weighted by molar-refractivity contribution is 6.00. The average Bonchev–Trinajstić information content (AvgIpc) is 3.60. The fourth-order valence-electron chi connectivity index (χ4n) is 6.54. The number of methoxy groups -OCH3 is 1. The van der Waals surface area contributed by atoms with Crippen LogP contribution in [0.2, 0.25) is 0 Å². The zero-order valence-electron chi connectivity index (χ0n) is 30.5. The van der Waals surface area contributed by atoms with Crippen molar-refractivity contribution in [2.75, 3.05) is 47.0 Å². The Kier molecular flexibility index (Phi) is 14.5. The molecule has 13 nitrogen and oxygen atoms in total. The third kappa shape index (κ3) is 11.1. The molecule has 0 saturated carbocycles. The van der Waals surface area contributed by atoms with Crippen LogP contribution in [0, 0.1) is 5.92 Å². The number of fused-ring (bicyclic) bond motifs is 2. The number of hydrogen-bond donors (Lipinski definition) is 3. The normalized spacial score (nSPS) is 20.7. The number of aryl methyl sites for hydroxylation is 1. The fourth-order valence-corrected chi connectivity index (χ4v) is 6.54. The minimum Gasteiger partial charge on any atom is -0.493 e. The molecule has 3 atom stereocenters. The molecule has 2 aromatic carbocycles. The van der Waals surface area contributed by atoms with Crippen LogP contribution < -0.4 is 30.2 Å². The number of nitrogens with one attached hydrogen (secondary N) is 3. The Morgan fingerprint density at radius 3 is 2.59 bits per heavy atom. The van der Waals surface area contributed by atoms with Crippen molar-refractivity contribution in [1.82, 2.24) is 25.8 Å². The molecule has 0 bridgehead atoms. The molecule has 2 aliphatic heterocycles. The van der Waals surface area contributed by atoms with E-state index in [-0.39, 0.29) is 61.2 Å². The summed E-state index contributed by atoms with van der Waals surface area (Å²) in [6, 6.07) is 10.4. The lowest BCUT2D eigenvalue weighted by atomic mass is 10.0. The van der Waals surface area contributed by atoms with Gasteiger partial charge < -0.3 is 40.0 Å². The van der Waals surface area contributed by atoms with Crippen molar-refractivity contribution in [1.29, 1.82) is 0 Å². The van der Waals surface area contributed by atoms with Crippen LogP contribution in [-0.2, 0) is 25.6 Å². The largest absolute Gasteiger partial charge is 0.493 e. The van der Waals surface area contributed by atoms with Crippen molar-refractivity contribution < 1.29 is 38.2 Å². The highest BCUT2D eigenvalue weighted by Gasteiger charge is 2.37. The Labute approximate surface area is 300 Å². The Hall–Kier alpha value is -4.81. The van der Waals surface area contributed by atoms with Gasteiger partial charge >= 0.3 is 0 Å². The van der Waals surface area contributed by atoms with Gasteiger partial charge in [-0.1, -0.05) is 32.0 Å². The van der Waals surface area contributed by atoms with Gasteiger partial charge in [0, 0.05) is 26.6 Å². The number of amides is 5. The summed E-state index contributed by atoms with van der Waals surface area (Å²) < 4.78 is 17.2. The molecular weight excluding hydrogens is 654 g/mol. The van der Waals surface area contributed by atoms with E-state index in [9.17, 15) is 24.0 Å². The maximum atomic E-state index is 13.7. The first-order chi connectivity index (χ1) is 24.5. The van der Waals surface area contributed by atoms with E-state index in [0.29, 0.717) is 69.0 Å². The highest BCUT2D eigenvalue weighted by Crippen LogP contribution is 2.28. The molecular formula is C38H53N5O8. The van der Waals surface area contributed by atoms with E-state index in [1.165, 1.54) is 9.80 Å². The number of ether oxygens (including phenoxy) is 3. The summed E-state index contributed by atoms with van der Waals surface area (Å²) in [6.45, 7) is 7.16. The lowest BCUT2D eigenvalue weighted by Gasteiger charge is -2.29. The van der Waals surface area contributed by atoms with Gasteiger partial charge in [0.05, 0.1) is 31.9 Å². The maximum Gasteiger partial charge on any atom is 0.255 e. The standard InChI is InChI=1S/C38H53N5O8/c1-6-50-32-17-15-26(22-33(32)49-5)11-9-19-39-37(47)29-16-18-35(45)43-20-10-13-30(43)38(48)42(4)23-34(44)40-27(21-25(2)3)24-51-31-14-8-7-12-28(31)36(46)41-29/h7-8,12,14-15,17,22,25,27,29-30H,6,9-11,13,16,18-21,23-24H2,1-5H3,(H,39,47)(H,40,44)(H,41,46)/t27-,29-,30+/m0/s1. The van der Waals surface area contributed by atoms with Crippen LogP contribution >= 0.6 is 0 Å².